The quantitative estimate of drug-likeness (QED) is 0.717. The summed E-state index contributed by atoms with van der Waals surface area (Å²) in [5.74, 6) is -0.00370. The van der Waals surface area contributed by atoms with E-state index in [0.717, 1.165) is 31.4 Å². The monoisotopic (exact) mass is 220 g/mol. The van der Waals surface area contributed by atoms with Gasteiger partial charge in [0.1, 0.15) is 0 Å². The van der Waals surface area contributed by atoms with Crippen molar-refractivity contribution in [3.63, 3.8) is 0 Å². The number of aryl methyl sites for hydroxylation is 1. The van der Waals surface area contributed by atoms with Gasteiger partial charge in [-0.3, -0.25) is 4.79 Å². The highest BCUT2D eigenvalue weighted by atomic mass is 16.1. The Morgan fingerprint density at radius 1 is 1.25 bits per heavy atom. The van der Waals surface area contributed by atoms with Crippen molar-refractivity contribution in [3.05, 3.63) is 35.4 Å². The van der Waals surface area contributed by atoms with E-state index >= 15 is 0 Å². The first-order valence-corrected chi connectivity index (χ1v) is 5.85. The lowest BCUT2D eigenvalue weighted by Gasteiger charge is -2.04. The fourth-order valence-corrected chi connectivity index (χ4v) is 1.56. The van der Waals surface area contributed by atoms with E-state index in [1.165, 1.54) is 5.56 Å². The molecule has 16 heavy (non-hydrogen) atoms. The molecule has 0 radical (unpaired) electrons. The third kappa shape index (κ3) is 4.03. The third-order valence-corrected chi connectivity index (χ3v) is 2.47. The second kappa shape index (κ2) is 7.01. The molecule has 0 aromatic heterocycles. The minimum Gasteiger partial charge on any atom is -0.352 e. The van der Waals surface area contributed by atoms with Gasteiger partial charge in [-0.1, -0.05) is 12.1 Å². The van der Waals surface area contributed by atoms with Gasteiger partial charge in [-0.05, 0) is 50.4 Å². The van der Waals surface area contributed by atoms with E-state index in [9.17, 15) is 4.79 Å². The van der Waals surface area contributed by atoms with Crippen LogP contribution in [0.4, 0.5) is 0 Å². The molecule has 1 aromatic carbocycles. The van der Waals surface area contributed by atoms with Gasteiger partial charge in [0.15, 0.2) is 0 Å². The van der Waals surface area contributed by atoms with Gasteiger partial charge in [-0.25, -0.2) is 0 Å². The molecule has 88 valence electrons. The Bertz CT molecular complexity index is 319. The molecule has 0 saturated heterocycles. The Morgan fingerprint density at radius 2 is 1.94 bits per heavy atom. The summed E-state index contributed by atoms with van der Waals surface area (Å²) in [6.45, 7) is 3.33. The Kier molecular flexibility index (Phi) is 5.57. The number of unbranched alkanes of at least 4 members (excludes halogenated alkanes) is 1. The zero-order chi connectivity index (χ0) is 11.8. The summed E-state index contributed by atoms with van der Waals surface area (Å²) >= 11 is 0. The summed E-state index contributed by atoms with van der Waals surface area (Å²) in [4.78, 5) is 11.5. The lowest BCUT2D eigenvalue weighted by atomic mass is 10.1. The normalized spacial score (nSPS) is 10.1. The van der Waals surface area contributed by atoms with Gasteiger partial charge in [-0.2, -0.15) is 0 Å². The summed E-state index contributed by atoms with van der Waals surface area (Å²) in [5.41, 5.74) is 7.43. The van der Waals surface area contributed by atoms with Crippen LogP contribution in [0.1, 0.15) is 35.7 Å². The van der Waals surface area contributed by atoms with Gasteiger partial charge in [0.2, 0.25) is 0 Å². The highest BCUT2D eigenvalue weighted by Gasteiger charge is 2.02. The van der Waals surface area contributed by atoms with Gasteiger partial charge >= 0.3 is 0 Å². The number of amides is 1. The Balaban J connectivity index is 2.50. The summed E-state index contributed by atoms with van der Waals surface area (Å²) in [6, 6.07) is 7.79. The highest BCUT2D eigenvalue weighted by molar-refractivity contribution is 5.94. The molecule has 0 atom stereocenters. The molecule has 1 aromatic rings. The van der Waals surface area contributed by atoms with Crippen molar-refractivity contribution in [2.24, 2.45) is 5.73 Å². The number of nitrogens with one attached hydrogen (secondary N) is 1. The lowest BCUT2D eigenvalue weighted by Crippen LogP contribution is -2.22. The van der Waals surface area contributed by atoms with E-state index in [4.69, 9.17) is 5.73 Å². The fraction of sp³-hybridized carbons (Fsp3) is 0.462. The molecule has 0 bridgehead atoms. The maximum atomic E-state index is 11.5. The van der Waals surface area contributed by atoms with E-state index in [1.54, 1.807) is 0 Å². The summed E-state index contributed by atoms with van der Waals surface area (Å²) in [6.07, 6.45) is 3.20. The molecule has 3 nitrogen and oxygen atoms in total. The summed E-state index contributed by atoms with van der Waals surface area (Å²) < 4.78 is 0. The van der Waals surface area contributed by atoms with Crippen LogP contribution in [-0.4, -0.2) is 19.0 Å². The van der Waals surface area contributed by atoms with Crippen LogP contribution in [-0.2, 0) is 6.42 Å². The van der Waals surface area contributed by atoms with Crippen LogP contribution in [0.2, 0.25) is 0 Å². The molecule has 0 unspecified atom stereocenters. The topological polar surface area (TPSA) is 55.1 Å². The zero-order valence-electron chi connectivity index (χ0n) is 9.83. The van der Waals surface area contributed by atoms with Gasteiger partial charge in [-0.15, -0.1) is 0 Å². The average molecular weight is 220 g/mol. The van der Waals surface area contributed by atoms with Crippen molar-refractivity contribution in [2.45, 2.75) is 26.2 Å². The second-order valence-electron chi connectivity index (χ2n) is 3.80. The van der Waals surface area contributed by atoms with Gasteiger partial charge in [0, 0.05) is 12.1 Å². The van der Waals surface area contributed by atoms with Crippen LogP contribution in [0.25, 0.3) is 0 Å². The Labute approximate surface area is 97.0 Å². The molecule has 1 amide bonds. The van der Waals surface area contributed by atoms with E-state index < -0.39 is 0 Å². The van der Waals surface area contributed by atoms with Gasteiger partial charge in [0.05, 0.1) is 0 Å². The predicted molar refractivity (Wildman–Crippen MR) is 66.4 cm³/mol. The van der Waals surface area contributed by atoms with E-state index in [-0.39, 0.29) is 5.91 Å². The molecule has 3 heteroatoms. The first kappa shape index (κ1) is 12.7. The molecule has 0 heterocycles. The summed E-state index contributed by atoms with van der Waals surface area (Å²) in [5, 5.41) is 2.78. The Morgan fingerprint density at radius 3 is 2.50 bits per heavy atom. The number of rotatable bonds is 6. The molecule has 3 N–H and O–H groups in total. The molecule has 0 saturated carbocycles. The molecular formula is C13H20N2O. The maximum Gasteiger partial charge on any atom is 0.251 e. The van der Waals surface area contributed by atoms with Crippen LogP contribution in [0.5, 0.6) is 0 Å². The minimum absolute atomic E-state index is 0.00370. The SMILES string of the molecule is CCNC(=O)c1ccc(CCCCN)cc1. The molecular weight excluding hydrogens is 200 g/mol. The van der Waals surface area contributed by atoms with Crippen LogP contribution in [0.15, 0.2) is 24.3 Å². The largest absolute Gasteiger partial charge is 0.352 e. The van der Waals surface area contributed by atoms with Gasteiger partial charge < -0.3 is 11.1 Å². The summed E-state index contributed by atoms with van der Waals surface area (Å²) in [7, 11) is 0. The number of hydrogen-bond acceptors (Lipinski definition) is 2. The number of hydrogen-bond donors (Lipinski definition) is 2. The van der Waals surface area contributed by atoms with Crippen molar-refractivity contribution < 1.29 is 4.79 Å². The van der Waals surface area contributed by atoms with Crippen LogP contribution in [0.3, 0.4) is 0 Å². The first-order valence-electron chi connectivity index (χ1n) is 5.85. The van der Waals surface area contributed by atoms with Crippen molar-refractivity contribution in [1.82, 2.24) is 5.32 Å². The first-order chi connectivity index (χ1) is 7.77. The van der Waals surface area contributed by atoms with Crippen molar-refractivity contribution in [2.75, 3.05) is 13.1 Å². The third-order valence-electron chi connectivity index (χ3n) is 2.47. The standard InChI is InChI=1S/C13H20N2O/c1-2-15-13(16)12-8-6-11(7-9-12)5-3-4-10-14/h6-9H,2-5,10,14H2,1H3,(H,15,16). The van der Waals surface area contributed by atoms with E-state index in [2.05, 4.69) is 5.32 Å². The maximum absolute atomic E-state index is 11.5. The van der Waals surface area contributed by atoms with Crippen LogP contribution < -0.4 is 11.1 Å². The molecule has 0 aliphatic rings. The van der Waals surface area contributed by atoms with E-state index in [1.807, 2.05) is 31.2 Å². The number of benzene rings is 1. The van der Waals surface area contributed by atoms with Crippen LogP contribution >= 0.6 is 0 Å². The minimum atomic E-state index is -0.00370. The molecule has 1 rings (SSSR count). The average Bonchev–Trinajstić information content (AvgIpc) is 2.30. The van der Waals surface area contributed by atoms with Crippen molar-refractivity contribution in [3.8, 4) is 0 Å². The molecule has 0 fully saturated rings. The fourth-order valence-electron chi connectivity index (χ4n) is 1.56. The predicted octanol–water partition coefficient (Wildman–Crippen LogP) is 1.72. The van der Waals surface area contributed by atoms with Gasteiger partial charge in [0.25, 0.3) is 5.91 Å². The van der Waals surface area contributed by atoms with Crippen molar-refractivity contribution in [1.29, 1.82) is 0 Å². The number of carbonyl (C=O) groups is 1. The molecule has 0 aliphatic heterocycles. The second-order valence-corrected chi connectivity index (χ2v) is 3.80. The van der Waals surface area contributed by atoms with Crippen LogP contribution in [0, 0.1) is 0 Å². The lowest BCUT2D eigenvalue weighted by molar-refractivity contribution is 0.0956. The molecule has 0 aliphatic carbocycles. The zero-order valence-corrected chi connectivity index (χ0v) is 9.83. The Hall–Kier alpha value is -1.35. The van der Waals surface area contributed by atoms with E-state index in [0.29, 0.717) is 6.54 Å². The van der Waals surface area contributed by atoms with Crippen molar-refractivity contribution >= 4 is 5.91 Å². The smallest absolute Gasteiger partial charge is 0.251 e. The number of nitrogens with two attached hydrogens (primary N) is 1. The highest BCUT2D eigenvalue weighted by Crippen LogP contribution is 2.07. The number of carbonyl (C=O) groups excluding carboxylic acids is 1. The molecule has 0 spiro atoms.